The van der Waals surface area contributed by atoms with Crippen molar-refractivity contribution >= 4 is 7.29 Å². The molecule has 3 heteroatoms. The fraction of sp³-hybridized carbons (Fsp3) is 0.895. The molecule has 0 heterocycles. The maximum atomic E-state index is 13.5. The van der Waals surface area contributed by atoms with Gasteiger partial charge < -0.3 is 4.57 Å². The third kappa shape index (κ3) is 9.85. The maximum absolute atomic E-state index is 13.5. The molecule has 1 N–H and O–H groups in total. The monoisotopic (exact) mass is 329 g/mol. The number of hydrogen-bond donors (Lipinski definition) is 1. The van der Waals surface area contributed by atoms with Crippen LogP contribution in [-0.2, 0) is 4.57 Å². The Balaban J connectivity index is 4.79. The van der Waals surface area contributed by atoms with Gasteiger partial charge in [-0.3, -0.25) is 5.09 Å². The van der Waals surface area contributed by atoms with Crippen molar-refractivity contribution in [1.82, 2.24) is 5.09 Å². The van der Waals surface area contributed by atoms with Crippen LogP contribution in [0.15, 0.2) is 12.7 Å². The molecule has 0 spiro atoms. The van der Waals surface area contributed by atoms with Gasteiger partial charge in [0.25, 0.3) is 0 Å². The van der Waals surface area contributed by atoms with E-state index in [1.165, 1.54) is 38.5 Å². The predicted octanol–water partition coefficient (Wildman–Crippen LogP) is 6.47. The van der Waals surface area contributed by atoms with Crippen LogP contribution in [0.1, 0.15) is 79.1 Å². The molecule has 2 unspecified atom stereocenters. The second-order valence-electron chi connectivity index (χ2n) is 6.74. The standard InChI is InChI=1S/C19H40NOP/c1-6-11-13-18(9-4)16-22(21,20-15-8-3)17-19(10-5)14-12-7-2/h8,18-19H,3,6-7,9-17H2,1-2,4-5H3,(H,20,21). The van der Waals surface area contributed by atoms with Crippen molar-refractivity contribution in [3.8, 4) is 0 Å². The van der Waals surface area contributed by atoms with Gasteiger partial charge >= 0.3 is 0 Å². The summed E-state index contributed by atoms with van der Waals surface area (Å²) in [6, 6.07) is 0. The minimum atomic E-state index is -2.28. The Hall–Kier alpha value is -0.0700. The van der Waals surface area contributed by atoms with E-state index in [1.54, 1.807) is 0 Å². The first-order valence-electron chi connectivity index (χ1n) is 9.49. The molecule has 0 aliphatic heterocycles. The first-order chi connectivity index (χ1) is 10.5. The lowest BCUT2D eigenvalue weighted by Crippen LogP contribution is -2.23. The highest BCUT2D eigenvalue weighted by atomic mass is 31.2. The third-order valence-electron chi connectivity index (χ3n) is 4.72. The number of unbranched alkanes of at least 4 members (excludes halogenated alkanes) is 2. The van der Waals surface area contributed by atoms with Crippen molar-refractivity contribution in [2.45, 2.75) is 79.1 Å². The van der Waals surface area contributed by atoms with Gasteiger partial charge in [0.2, 0.25) is 0 Å². The van der Waals surface area contributed by atoms with Gasteiger partial charge in [0, 0.05) is 18.9 Å². The number of rotatable bonds is 15. The zero-order valence-corrected chi connectivity index (χ0v) is 16.5. The summed E-state index contributed by atoms with van der Waals surface area (Å²) in [6.07, 6.45) is 13.3. The van der Waals surface area contributed by atoms with Crippen LogP contribution in [0.4, 0.5) is 0 Å². The number of hydrogen-bond acceptors (Lipinski definition) is 1. The Morgan fingerprint density at radius 2 is 1.41 bits per heavy atom. The Morgan fingerprint density at radius 3 is 1.73 bits per heavy atom. The highest BCUT2D eigenvalue weighted by Gasteiger charge is 2.28. The molecular weight excluding hydrogens is 289 g/mol. The summed E-state index contributed by atoms with van der Waals surface area (Å²) in [7, 11) is -2.28. The lowest BCUT2D eigenvalue weighted by Gasteiger charge is -2.27. The zero-order valence-electron chi connectivity index (χ0n) is 15.6. The van der Waals surface area contributed by atoms with Gasteiger partial charge in [-0.1, -0.05) is 72.3 Å². The van der Waals surface area contributed by atoms with Crippen molar-refractivity contribution in [1.29, 1.82) is 0 Å². The molecule has 2 nitrogen and oxygen atoms in total. The molecule has 0 aliphatic rings. The lowest BCUT2D eigenvalue weighted by atomic mass is 10.0. The van der Waals surface area contributed by atoms with Crippen LogP contribution in [0.5, 0.6) is 0 Å². The van der Waals surface area contributed by atoms with Gasteiger partial charge in [-0.15, -0.1) is 6.58 Å². The fourth-order valence-electron chi connectivity index (χ4n) is 3.10. The van der Waals surface area contributed by atoms with Crippen LogP contribution in [0.2, 0.25) is 0 Å². The highest BCUT2D eigenvalue weighted by molar-refractivity contribution is 7.61. The van der Waals surface area contributed by atoms with Crippen LogP contribution in [0, 0.1) is 11.8 Å². The summed E-state index contributed by atoms with van der Waals surface area (Å²) in [4.78, 5) is 0. The smallest absolute Gasteiger partial charge is 0.148 e. The summed E-state index contributed by atoms with van der Waals surface area (Å²) in [5.74, 6) is 1.21. The molecule has 0 amide bonds. The van der Waals surface area contributed by atoms with Gasteiger partial charge in [-0.05, 0) is 24.7 Å². The van der Waals surface area contributed by atoms with Crippen molar-refractivity contribution in [3.05, 3.63) is 12.7 Å². The summed E-state index contributed by atoms with van der Waals surface area (Å²) >= 11 is 0. The van der Waals surface area contributed by atoms with Crippen molar-refractivity contribution < 1.29 is 4.57 Å². The minimum Gasteiger partial charge on any atom is -0.307 e. The highest BCUT2D eigenvalue weighted by Crippen LogP contribution is 2.47. The Morgan fingerprint density at radius 1 is 0.955 bits per heavy atom. The molecule has 2 atom stereocenters. The fourth-order valence-corrected chi connectivity index (χ4v) is 6.52. The first-order valence-corrected chi connectivity index (χ1v) is 11.6. The Labute approximate surface area is 140 Å². The predicted molar refractivity (Wildman–Crippen MR) is 102 cm³/mol. The molecule has 0 fully saturated rings. The van der Waals surface area contributed by atoms with Crippen molar-refractivity contribution in [2.24, 2.45) is 11.8 Å². The average Bonchev–Trinajstić information content (AvgIpc) is 2.53. The Kier molecular flexibility index (Phi) is 13.3. The van der Waals surface area contributed by atoms with Crippen LogP contribution in [0.3, 0.4) is 0 Å². The van der Waals surface area contributed by atoms with Crippen LogP contribution >= 0.6 is 7.29 Å². The minimum absolute atomic E-state index is 0.603. The van der Waals surface area contributed by atoms with E-state index in [4.69, 9.17) is 0 Å². The van der Waals surface area contributed by atoms with E-state index >= 15 is 0 Å². The quantitative estimate of drug-likeness (QED) is 0.275. The van der Waals surface area contributed by atoms with Gasteiger partial charge in [0.1, 0.15) is 7.29 Å². The molecule has 22 heavy (non-hydrogen) atoms. The summed E-state index contributed by atoms with van der Waals surface area (Å²) in [6.45, 7) is 13.4. The molecular formula is C19H40NOP. The van der Waals surface area contributed by atoms with Crippen LogP contribution < -0.4 is 5.09 Å². The molecule has 0 aromatic rings. The summed E-state index contributed by atoms with van der Waals surface area (Å²) in [5, 5.41) is 3.37. The first kappa shape index (κ1) is 21.9. The van der Waals surface area contributed by atoms with E-state index in [2.05, 4.69) is 39.4 Å². The van der Waals surface area contributed by atoms with E-state index in [0.717, 1.165) is 25.2 Å². The molecule has 0 bridgehead atoms. The molecule has 0 aromatic heterocycles. The summed E-state index contributed by atoms with van der Waals surface area (Å²) in [5.41, 5.74) is 0. The molecule has 0 rings (SSSR count). The van der Waals surface area contributed by atoms with E-state index in [0.29, 0.717) is 18.4 Å². The van der Waals surface area contributed by atoms with E-state index in [1.807, 2.05) is 6.08 Å². The molecule has 0 aliphatic carbocycles. The molecule has 0 radical (unpaired) electrons. The van der Waals surface area contributed by atoms with Crippen molar-refractivity contribution in [2.75, 3.05) is 18.9 Å². The number of nitrogens with one attached hydrogen (secondary N) is 1. The second kappa shape index (κ2) is 13.4. The van der Waals surface area contributed by atoms with Crippen LogP contribution in [0.25, 0.3) is 0 Å². The maximum Gasteiger partial charge on any atom is 0.148 e. The van der Waals surface area contributed by atoms with Crippen molar-refractivity contribution in [3.63, 3.8) is 0 Å². The van der Waals surface area contributed by atoms with E-state index in [9.17, 15) is 4.57 Å². The van der Waals surface area contributed by atoms with Gasteiger partial charge in [-0.2, -0.15) is 0 Å². The topological polar surface area (TPSA) is 29.1 Å². The van der Waals surface area contributed by atoms with E-state index < -0.39 is 7.29 Å². The second-order valence-corrected chi connectivity index (χ2v) is 9.56. The van der Waals surface area contributed by atoms with Crippen LogP contribution in [-0.4, -0.2) is 18.9 Å². The zero-order chi connectivity index (χ0) is 16.8. The largest absolute Gasteiger partial charge is 0.307 e. The third-order valence-corrected chi connectivity index (χ3v) is 7.69. The molecule has 0 aromatic carbocycles. The Bertz CT molecular complexity index is 295. The molecule has 0 saturated carbocycles. The molecule has 0 saturated heterocycles. The SMILES string of the molecule is C=CCNP(=O)(CC(CC)CCCC)CC(CC)CCCC. The van der Waals surface area contributed by atoms with Gasteiger partial charge in [0.05, 0.1) is 0 Å². The van der Waals surface area contributed by atoms with Gasteiger partial charge in [0.15, 0.2) is 0 Å². The normalized spacial score (nSPS) is 16.9. The van der Waals surface area contributed by atoms with E-state index in [-0.39, 0.29) is 0 Å². The average molecular weight is 330 g/mol. The van der Waals surface area contributed by atoms with Gasteiger partial charge in [-0.25, -0.2) is 0 Å². The molecule has 132 valence electrons. The lowest BCUT2D eigenvalue weighted by molar-refractivity contribution is 0.459. The summed E-state index contributed by atoms with van der Waals surface area (Å²) < 4.78 is 13.5.